The van der Waals surface area contributed by atoms with Crippen LogP contribution in [0.2, 0.25) is 0 Å². The summed E-state index contributed by atoms with van der Waals surface area (Å²) >= 11 is 0. The number of aromatic nitrogens is 3. The van der Waals surface area contributed by atoms with Crippen LogP contribution in [0.3, 0.4) is 0 Å². The zero-order chi connectivity index (χ0) is 19.9. The van der Waals surface area contributed by atoms with Crippen molar-refractivity contribution in [2.45, 2.75) is 12.8 Å². The number of amides is 1. The van der Waals surface area contributed by atoms with E-state index in [0.717, 1.165) is 16.9 Å². The Balaban J connectivity index is 1.60. The largest absolute Gasteiger partial charge is 0.497 e. The van der Waals surface area contributed by atoms with Gasteiger partial charge in [-0.15, -0.1) is 5.10 Å². The average Bonchev–Trinajstić information content (AvgIpc) is 3.20. The van der Waals surface area contributed by atoms with Gasteiger partial charge in [0.1, 0.15) is 5.75 Å². The summed E-state index contributed by atoms with van der Waals surface area (Å²) in [5, 5.41) is 9.57. The van der Waals surface area contributed by atoms with Gasteiger partial charge in [0.2, 0.25) is 11.9 Å². The topological polar surface area (TPSA) is 98.4 Å². The smallest absolute Gasteiger partial charge is 0.249 e. The molecular formula is C20H22N4O4. The summed E-state index contributed by atoms with van der Waals surface area (Å²) in [5.41, 5.74) is 1.82. The number of carbonyl (C=O) groups excluding carboxylic acids is 1. The summed E-state index contributed by atoms with van der Waals surface area (Å²) in [6.07, 6.45) is 0.940. The summed E-state index contributed by atoms with van der Waals surface area (Å²) in [4.78, 5) is 16.5. The highest BCUT2D eigenvalue weighted by Crippen LogP contribution is 2.31. The molecule has 0 atom stereocenters. The maximum Gasteiger partial charge on any atom is 0.249 e. The molecule has 0 aliphatic heterocycles. The molecule has 0 bridgehead atoms. The van der Waals surface area contributed by atoms with Crippen LogP contribution < -0.4 is 19.5 Å². The molecule has 146 valence electrons. The zero-order valence-electron chi connectivity index (χ0n) is 16.0. The number of H-pyrrole nitrogens is 1. The van der Waals surface area contributed by atoms with Gasteiger partial charge in [0.15, 0.2) is 17.3 Å². The maximum atomic E-state index is 12.2. The van der Waals surface area contributed by atoms with Crippen LogP contribution in [0.25, 0.3) is 11.4 Å². The Labute approximate surface area is 162 Å². The van der Waals surface area contributed by atoms with Gasteiger partial charge in [-0.1, -0.05) is 12.1 Å². The van der Waals surface area contributed by atoms with Crippen molar-refractivity contribution in [3.63, 3.8) is 0 Å². The van der Waals surface area contributed by atoms with Crippen LogP contribution >= 0.6 is 0 Å². The molecule has 0 aliphatic carbocycles. The van der Waals surface area contributed by atoms with Crippen molar-refractivity contribution in [3.8, 4) is 28.6 Å². The first kappa shape index (κ1) is 19.2. The molecular weight excluding hydrogens is 360 g/mol. The molecule has 1 amide bonds. The fourth-order valence-corrected chi connectivity index (χ4v) is 2.67. The lowest BCUT2D eigenvalue weighted by atomic mass is 10.1. The molecule has 0 saturated heterocycles. The van der Waals surface area contributed by atoms with Gasteiger partial charge < -0.3 is 14.2 Å². The van der Waals surface area contributed by atoms with Crippen LogP contribution in [0.1, 0.15) is 12.0 Å². The highest BCUT2D eigenvalue weighted by molar-refractivity contribution is 5.89. The summed E-state index contributed by atoms with van der Waals surface area (Å²) in [6.45, 7) is 0. The van der Waals surface area contributed by atoms with E-state index in [1.807, 2.05) is 30.3 Å². The van der Waals surface area contributed by atoms with Crippen molar-refractivity contribution in [2.24, 2.45) is 0 Å². The number of methoxy groups -OCH3 is 3. The van der Waals surface area contributed by atoms with Crippen molar-refractivity contribution >= 4 is 11.9 Å². The van der Waals surface area contributed by atoms with Crippen molar-refractivity contribution in [3.05, 3.63) is 48.0 Å². The molecule has 0 radical (unpaired) electrons. The number of aromatic amines is 1. The number of anilines is 1. The minimum Gasteiger partial charge on any atom is -0.497 e. The molecule has 8 nitrogen and oxygen atoms in total. The molecule has 0 unspecified atom stereocenters. The molecule has 3 aromatic rings. The number of aryl methyl sites for hydroxylation is 1. The number of rotatable bonds is 8. The molecule has 3 rings (SSSR count). The second-order valence-corrected chi connectivity index (χ2v) is 5.97. The summed E-state index contributed by atoms with van der Waals surface area (Å²) in [5.74, 6) is 2.58. The summed E-state index contributed by atoms with van der Waals surface area (Å²) in [7, 11) is 4.76. The monoisotopic (exact) mass is 382 g/mol. The van der Waals surface area contributed by atoms with Crippen LogP contribution in [-0.4, -0.2) is 42.4 Å². The molecule has 0 fully saturated rings. The Morgan fingerprint density at radius 2 is 1.75 bits per heavy atom. The van der Waals surface area contributed by atoms with Crippen LogP contribution in [0.15, 0.2) is 42.5 Å². The van der Waals surface area contributed by atoms with Gasteiger partial charge in [-0.3, -0.25) is 15.2 Å². The molecule has 0 spiro atoms. The van der Waals surface area contributed by atoms with E-state index in [0.29, 0.717) is 30.2 Å². The highest BCUT2D eigenvalue weighted by atomic mass is 16.5. The Hall–Kier alpha value is -3.55. The normalized spacial score (nSPS) is 10.4. The molecule has 2 aromatic carbocycles. The minimum atomic E-state index is -0.159. The van der Waals surface area contributed by atoms with Crippen LogP contribution in [0.5, 0.6) is 17.2 Å². The number of hydrogen-bond acceptors (Lipinski definition) is 6. The predicted molar refractivity (Wildman–Crippen MR) is 105 cm³/mol. The lowest BCUT2D eigenvalue weighted by Crippen LogP contribution is -2.13. The third-order valence-electron chi connectivity index (χ3n) is 4.19. The first-order valence-electron chi connectivity index (χ1n) is 8.70. The van der Waals surface area contributed by atoms with Crippen LogP contribution in [-0.2, 0) is 11.2 Å². The third kappa shape index (κ3) is 4.59. The second-order valence-electron chi connectivity index (χ2n) is 5.97. The third-order valence-corrected chi connectivity index (χ3v) is 4.19. The van der Waals surface area contributed by atoms with E-state index in [-0.39, 0.29) is 11.9 Å². The number of hydrogen-bond donors (Lipinski definition) is 2. The number of nitrogens with one attached hydrogen (secondary N) is 2. The molecule has 28 heavy (non-hydrogen) atoms. The lowest BCUT2D eigenvalue weighted by Gasteiger charge is -2.07. The molecule has 0 saturated carbocycles. The lowest BCUT2D eigenvalue weighted by molar-refractivity contribution is -0.116. The summed E-state index contributed by atoms with van der Waals surface area (Å²) < 4.78 is 15.6. The van der Waals surface area contributed by atoms with Gasteiger partial charge >= 0.3 is 0 Å². The Bertz CT molecular complexity index is 938. The Kier molecular flexibility index (Phi) is 6.11. The SMILES string of the molecule is COc1ccc(CCC(=O)Nc2n[nH]c(-c3ccc(OC)c(OC)c3)n2)cc1. The van der Waals surface area contributed by atoms with Gasteiger partial charge in [0, 0.05) is 12.0 Å². The van der Waals surface area contributed by atoms with E-state index in [9.17, 15) is 4.79 Å². The molecule has 0 aliphatic rings. The molecule has 1 aromatic heterocycles. The maximum absolute atomic E-state index is 12.2. The van der Waals surface area contributed by atoms with Gasteiger partial charge in [-0.25, -0.2) is 0 Å². The van der Waals surface area contributed by atoms with Gasteiger partial charge in [0.25, 0.3) is 0 Å². The minimum absolute atomic E-state index is 0.159. The van der Waals surface area contributed by atoms with E-state index in [1.165, 1.54) is 0 Å². The number of ether oxygens (including phenoxy) is 3. The van der Waals surface area contributed by atoms with Crippen LogP contribution in [0.4, 0.5) is 5.95 Å². The van der Waals surface area contributed by atoms with Crippen molar-refractivity contribution in [2.75, 3.05) is 26.6 Å². The fraction of sp³-hybridized carbons (Fsp3) is 0.250. The fourth-order valence-electron chi connectivity index (χ4n) is 2.67. The number of nitrogens with zero attached hydrogens (tertiary/aromatic N) is 2. The van der Waals surface area contributed by atoms with E-state index in [2.05, 4.69) is 20.5 Å². The van der Waals surface area contributed by atoms with Gasteiger partial charge in [-0.2, -0.15) is 4.98 Å². The molecule has 2 N–H and O–H groups in total. The van der Waals surface area contributed by atoms with E-state index in [4.69, 9.17) is 14.2 Å². The van der Waals surface area contributed by atoms with E-state index in [1.54, 1.807) is 33.5 Å². The van der Waals surface area contributed by atoms with Crippen LogP contribution in [0, 0.1) is 0 Å². The quantitative estimate of drug-likeness (QED) is 0.621. The number of carbonyl (C=O) groups is 1. The van der Waals surface area contributed by atoms with E-state index >= 15 is 0 Å². The van der Waals surface area contributed by atoms with Gasteiger partial charge in [-0.05, 0) is 42.3 Å². The predicted octanol–water partition coefficient (Wildman–Crippen LogP) is 3.07. The van der Waals surface area contributed by atoms with Gasteiger partial charge in [0.05, 0.1) is 21.3 Å². The Morgan fingerprint density at radius 3 is 2.43 bits per heavy atom. The number of benzene rings is 2. The first-order valence-corrected chi connectivity index (χ1v) is 8.70. The standard InChI is InChI=1S/C20H22N4O4/c1-26-15-8-4-13(5-9-15)6-11-18(25)21-20-22-19(23-24-20)14-7-10-16(27-2)17(12-14)28-3/h4-5,7-10,12H,6,11H2,1-3H3,(H2,21,22,23,24,25). The molecule has 8 heteroatoms. The first-order chi connectivity index (χ1) is 13.6. The Morgan fingerprint density at radius 1 is 1.00 bits per heavy atom. The summed E-state index contributed by atoms with van der Waals surface area (Å²) in [6, 6.07) is 13.0. The van der Waals surface area contributed by atoms with Crippen molar-refractivity contribution in [1.29, 1.82) is 0 Å². The zero-order valence-corrected chi connectivity index (χ0v) is 16.0. The average molecular weight is 382 g/mol. The van der Waals surface area contributed by atoms with E-state index < -0.39 is 0 Å². The molecule has 1 heterocycles. The highest BCUT2D eigenvalue weighted by Gasteiger charge is 2.12. The van der Waals surface area contributed by atoms with Crippen molar-refractivity contribution in [1.82, 2.24) is 15.2 Å². The second kappa shape index (κ2) is 8.90. The van der Waals surface area contributed by atoms with Crippen molar-refractivity contribution < 1.29 is 19.0 Å².